The zero-order chi connectivity index (χ0) is 18.6. The predicted molar refractivity (Wildman–Crippen MR) is 93.1 cm³/mol. The Morgan fingerprint density at radius 1 is 1.00 bits per heavy atom. The quantitative estimate of drug-likeness (QED) is 0.582. The fraction of sp³-hybridized carbons (Fsp3) is 0.222. The van der Waals surface area contributed by atoms with Crippen LogP contribution in [0.15, 0.2) is 53.4 Å². The van der Waals surface area contributed by atoms with Gasteiger partial charge in [0, 0.05) is 19.7 Å². The molecule has 0 bridgehead atoms. The number of ether oxygens (including phenoxy) is 1. The third kappa shape index (κ3) is 4.52. The van der Waals surface area contributed by atoms with E-state index in [1.807, 2.05) is 6.92 Å². The maximum absolute atomic E-state index is 12.1. The third-order valence-electron chi connectivity index (χ3n) is 3.56. The second-order valence-electron chi connectivity index (χ2n) is 5.68. The second kappa shape index (κ2) is 7.58. The SMILES string of the molecule is Cc1ccc(C(=O)COC(=O)c2cccc(S(=O)(=O)N(C)C)c2)cc1. The van der Waals surface area contributed by atoms with Crippen molar-refractivity contribution in [2.24, 2.45) is 0 Å². The molecule has 25 heavy (non-hydrogen) atoms. The van der Waals surface area contributed by atoms with Crippen molar-refractivity contribution in [2.45, 2.75) is 11.8 Å². The molecule has 2 aromatic carbocycles. The second-order valence-corrected chi connectivity index (χ2v) is 7.83. The van der Waals surface area contributed by atoms with E-state index >= 15 is 0 Å². The van der Waals surface area contributed by atoms with Gasteiger partial charge in [-0.2, -0.15) is 0 Å². The van der Waals surface area contributed by atoms with Gasteiger partial charge in [0.05, 0.1) is 10.5 Å². The standard InChI is InChI=1S/C18H19NO5S/c1-13-7-9-14(10-8-13)17(20)12-24-18(21)15-5-4-6-16(11-15)25(22,23)19(2)3/h4-11H,12H2,1-3H3. The number of hydrogen-bond donors (Lipinski definition) is 0. The van der Waals surface area contributed by atoms with Gasteiger partial charge in [-0.05, 0) is 25.1 Å². The van der Waals surface area contributed by atoms with Gasteiger partial charge in [0.15, 0.2) is 12.4 Å². The first-order valence-electron chi connectivity index (χ1n) is 7.51. The third-order valence-corrected chi connectivity index (χ3v) is 5.37. The van der Waals surface area contributed by atoms with Gasteiger partial charge in [-0.1, -0.05) is 35.9 Å². The highest BCUT2D eigenvalue weighted by molar-refractivity contribution is 7.89. The summed E-state index contributed by atoms with van der Waals surface area (Å²) in [6.45, 7) is 1.50. The van der Waals surface area contributed by atoms with E-state index < -0.39 is 22.6 Å². The Hall–Kier alpha value is -2.51. The Balaban J connectivity index is 2.09. The number of carbonyl (C=O) groups is 2. The number of Topliss-reactive ketones (excluding diaryl/α,β-unsaturated/α-hetero) is 1. The molecule has 7 heteroatoms. The Kier molecular flexibility index (Phi) is 5.71. The van der Waals surface area contributed by atoms with Crippen molar-refractivity contribution < 1.29 is 22.7 Å². The van der Waals surface area contributed by atoms with Crippen LogP contribution in [-0.4, -0.2) is 45.2 Å². The van der Waals surface area contributed by atoms with E-state index in [9.17, 15) is 18.0 Å². The highest BCUT2D eigenvalue weighted by atomic mass is 32.2. The summed E-state index contributed by atoms with van der Waals surface area (Å²) in [5.41, 5.74) is 1.54. The van der Waals surface area contributed by atoms with E-state index in [-0.39, 0.29) is 16.2 Å². The Morgan fingerprint density at radius 2 is 1.64 bits per heavy atom. The molecular weight excluding hydrogens is 342 g/mol. The summed E-state index contributed by atoms with van der Waals surface area (Å²) < 4.78 is 30.3. The number of rotatable bonds is 6. The van der Waals surface area contributed by atoms with Crippen molar-refractivity contribution in [3.8, 4) is 0 Å². The van der Waals surface area contributed by atoms with Gasteiger partial charge < -0.3 is 4.74 Å². The normalized spacial score (nSPS) is 11.4. The largest absolute Gasteiger partial charge is 0.454 e. The summed E-state index contributed by atoms with van der Waals surface area (Å²) in [6.07, 6.45) is 0. The molecule has 2 rings (SSSR count). The molecule has 0 N–H and O–H groups in total. The molecule has 0 aliphatic rings. The molecule has 0 spiro atoms. The molecule has 0 aliphatic heterocycles. The molecule has 0 saturated carbocycles. The molecule has 0 radical (unpaired) electrons. The number of aryl methyl sites for hydroxylation is 1. The summed E-state index contributed by atoms with van der Waals surface area (Å²) in [5, 5.41) is 0. The zero-order valence-electron chi connectivity index (χ0n) is 14.2. The van der Waals surface area contributed by atoms with Gasteiger partial charge in [0.1, 0.15) is 0 Å². The average Bonchev–Trinajstić information content (AvgIpc) is 2.60. The first kappa shape index (κ1) is 18.8. The number of ketones is 1. The smallest absolute Gasteiger partial charge is 0.338 e. The molecular formula is C18H19NO5S. The summed E-state index contributed by atoms with van der Waals surface area (Å²) in [5.74, 6) is -1.08. The van der Waals surface area contributed by atoms with Gasteiger partial charge in [-0.25, -0.2) is 17.5 Å². The van der Waals surface area contributed by atoms with Crippen LogP contribution in [0.25, 0.3) is 0 Å². The maximum Gasteiger partial charge on any atom is 0.338 e. The maximum atomic E-state index is 12.1. The lowest BCUT2D eigenvalue weighted by atomic mass is 10.1. The van der Waals surface area contributed by atoms with Gasteiger partial charge in [0.2, 0.25) is 10.0 Å². The number of benzene rings is 2. The average molecular weight is 361 g/mol. The van der Waals surface area contributed by atoms with Gasteiger partial charge in [-0.3, -0.25) is 4.79 Å². The number of nitrogens with zero attached hydrogens (tertiary/aromatic N) is 1. The molecule has 0 unspecified atom stereocenters. The fourth-order valence-corrected chi connectivity index (χ4v) is 2.98. The molecule has 2 aromatic rings. The van der Waals surface area contributed by atoms with E-state index in [2.05, 4.69) is 0 Å². The lowest BCUT2D eigenvalue weighted by molar-refractivity contribution is 0.0474. The van der Waals surface area contributed by atoms with Crippen LogP contribution in [0.2, 0.25) is 0 Å². The molecule has 132 valence electrons. The monoisotopic (exact) mass is 361 g/mol. The van der Waals surface area contributed by atoms with Crippen LogP contribution in [-0.2, 0) is 14.8 Å². The van der Waals surface area contributed by atoms with E-state index in [1.165, 1.54) is 38.4 Å². The summed E-state index contributed by atoms with van der Waals surface area (Å²) in [6, 6.07) is 12.4. The Labute approximate surface area is 147 Å². The fourth-order valence-electron chi connectivity index (χ4n) is 2.03. The molecule has 0 aliphatic carbocycles. The van der Waals surface area contributed by atoms with Crippen molar-refractivity contribution >= 4 is 21.8 Å². The van der Waals surface area contributed by atoms with Crippen LogP contribution in [0.5, 0.6) is 0 Å². The first-order valence-corrected chi connectivity index (χ1v) is 8.95. The van der Waals surface area contributed by atoms with Crippen molar-refractivity contribution in [3.63, 3.8) is 0 Å². The van der Waals surface area contributed by atoms with Gasteiger partial charge >= 0.3 is 5.97 Å². The van der Waals surface area contributed by atoms with Gasteiger partial charge in [-0.15, -0.1) is 0 Å². The molecule has 6 nitrogen and oxygen atoms in total. The van der Waals surface area contributed by atoms with Crippen molar-refractivity contribution in [3.05, 3.63) is 65.2 Å². The van der Waals surface area contributed by atoms with E-state index in [0.717, 1.165) is 9.87 Å². The molecule has 0 fully saturated rings. The molecule has 0 saturated heterocycles. The predicted octanol–water partition coefficient (Wildman–Crippen LogP) is 2.29. The topological polar surface area (TPSA) is 80.8 Å². The highest BCUT2D eigenvalue weighted by Gasteiger charge is 2.19. The number of sulfonamides is 1. The van der Waals surface area contributed by atoms with Crippen LogP contribution >= 0.6 is 0 Å². The molecule has 0 amide bonds. The van der Waals surface area contributed by atoms with Crippen LogP contribution in [0, 0.1) is 6.92 Å². The minimum atomic E-state index is -3.65. The minimum absolute atomic E-state index is 0.0168. The van der Waals surface area contributed by atoms with Crippen LogP contribution < -0.4 is 0 Å². The minimum Gasteiger partial charge on any atom is -0.454 e. The number of esters is 1. The lowest BCUT2D eigenvalue weighted by Crippen LogP contribution is -2.22. The van der Waals surface area contributed by atoms with E-state index in [4.69, 9.17) is 4.74 Å². The van der Waals surface area contributed by atoms with E-state index in [1.54, 1.807) is 24.3 Å². The van der Waals surface area contributed by atoms with Crippen LogP contribution in [0.1, 0.15) is 26.3 Å². The molecule has 0 heterocycles. The summed E-state index contributed by atoms with van der Waals surface area (Å²) in [7, 11) is -0.846. The Morgan fingerprint density at radius 3 is 2.24 bits per heavy atom. The van der Waals surface area contributed by atoms with Crippen LogP contribution in [0.4, 0.5) is 0 Å². The first-order chi connectivity index (χ1) is 11.7. The lowest BCUT2D eigenvalue weighted by Gasteiger charge is -2.12. The molecule has 0 aromatic heterocycles. The zero-order valence-corrected chi connectivity index (χ0v) is 15.0. The highest BCUT2D eigenvalue weighted by Crippen LogP contribution is 2.15. The summed E-state index contributed by atoms with van der Waals surface area (Å²) in [4.78, 5) is 24.1. The number of carbonyl (C=O) groups excluding carboxylic acids is 2. The van der Waals surface area contributed by atoms with Crippen molar-refractivity contribution in [1.82, 2.24) is 4.31 Å². The number of hydrogen-bond acceptors (Lipinski definition) is 5. The van der Waals surface area contributed by atoms with E-state index in [0.29, 0.717) is 5.56 Å². The molecule has 0 atom stereocenters. The van der Waals surface area contributed by atoms with Crippen LogP contribution in [0.3, 0.4) is 0 Å². The van der Waals surface area contributed by atoms with Crippen molar-refractivity contribution in [1.29, 1.82) is 0 Å². The van der Waals surface area contributed by atoms with Crippen molar-refractivity contribution in [2.75, 3.05) is 20.7 Å². The Bertz CT molecular complexity index is 886. The summed E-state index contributed by atoms with van der Waals surface area (Å²) >= 11 is 0. The van der Waals surface area contributed by atoms with Gasteiger partial charge in [0.25, 0.3) is 0 Å².